The highest BCUT2D eigenvalue weighted by Crippen LogP contribution is 2.23. The van der Waals surface area contributed by atoms with Crippen molar-refractivity contribution in [3.8, 4) is 0 Å². The van der Waals surface area contributed by atoms with Crippen molar-refractivity contribution in [2.75, 3.05) is 5.32 Å². The lowest BCUT2D eigenvalue weighted by molar-refractivity contribution is -0.386. The van der Waals surface area contributed by atoms with E-state index in [4.69, 9.17) is 4.52 Å². The summed E-state index contributed by atoms with van der Waals surface area (Å²) >= 11 is 0. The number of para-hydroxylation sites is 1. The van der Waals surface area contributed by atoms with E-state index in [0.717, 1.165) is 5.69 Å². The van der Waals surface area contributed by atoms with Crippen LogP contribution in [0.1, 0.15) is 11.5 Å². The van der Waals surface area contributed by atoms with Gasteiger partial charge in [-0.1, -0.05) is 23.4 Å². The third kappa shape index (κ3) is 2.54. The van der Waals surface area contributed by atoms with Crippen molar-refractivity contribution in [1.29, 1.82) is 0 Å². The minimum absolute atomic E-state index is 0.110. The maximum absolute atomic E-state index is 10.8. The molecule has 0 radical (unpaired) electrons. The molecule has 1 N–H and O–H groups in total. The number of anilines is 1. The molecule has 2 rings (SSSR count). The Hall–Kier alpha value is -2.63. The highest BCUT2D eigenvalue weighted by molar-refractivity contribution is 5.59. The lowest BCUT2D eigenvalue weighted by Gasteiger charge is -1.97. The van der Waals surface area contributed by atoms with Crippen LogP contribution in [0.3, 0.4) is 0 Å². The van der Waals surface area contributed by atoms with E-state index in [1.54, 1.807) is 6.20 Å². The van der Waals surface area contributed by atoms with Gasteiger partial charge < -0.3 is 9.84 Å². The fraction of sp³-hybridized carbons (Fsp3) is 0.0833. The van der Waals surface area contributed by atoms with E-state index in [1.165, 1.54) is 13.0 Å². The van der Waals surface area contributed by atoms with Gasteiger partial charge in [-0.15, -0.1) is 0 Å². The number of nitro groups is 1. The minimum atomic E-state index is -0.506. The van der Waals surface area contributed by atoms with Crippen LogP contribution < -0.4 is 5.32 Å². The molecule has 6 heteroatoms. The molecule has 1 heterocycles. The molecule has 92 valence electrons. The molecule has 0 amide bonds. The average Bonchev–Trinajstić information content (AvgIpc) is 2.72. The van der Waals surface area contributed by atoms with Crippen LogP contribution in [-0.4, -0.2) is 10.1 Å². The third-order valence-corrected chi connectivity index (χ3v) is 2.30. The zero-order chi connectivity index (χ0) is 13.0. The van der Waals surface area contributed by atoms with Gasteiger partial charge in [0, 0.05) is 18.0 Å². The first-order valence-electron chi connectivity index (χ1n) is 5.27. The van der Waals surface area contributed by atoms with Gasteiger partial charge >= 0.3 is 5.69 Å². The van der Waals surface area contributed by atoms with Gasteiger partial charge in [-0.25, -0.2) is 0 Å². The van der Waals surface area contributed by atoms with Crippen LogP contribution in [0.2, 0.25) is 0 Å². The van der Waals surface area contributed by atoms with Crippen LogP contribution in [0.25, 0.3) is 6.08 Å². The van der Waals surface area contributed by atoms with Crippen molar-refractivity contribution in [3.63, 3.8) is 0 Å². The van der Waals surface area contributed by atoms with Crippen molar-refractivity contribution in [1.82, 2.24) is 5.16 Å². The number of aryl methyl sites for hydroxylation is 1. The Morgan fingerprint density at radius 2 is 2.11 bits per heavy atom. The molecule has 18 heavy (non-hydrogen) atoms. The molecule has 0 unspecified atom stereocenters. The maximum atomic E-state index is 10.8. The molecule has 0 aliphatic rings. The molecule has 0 aliphatic heterocycles. The summed E-state index contributed by atoms with van der Waals surface area (Å²) < 4.78 is 4.88. The SMILES string of the molecule is Cc1noc(/C=C/Nc2ccccc2)c1[N+](=O)[O-]. The second-order valence-corrected chi connectivity index (χ2v) is 3.58. The van der Waals surface area contributed by atoms with Crippen LogP contribution in [0.15, 0.2) is 41.1 Å². The van der Waals surface area contributed by atoms with Crippen molar-refractivity contribution >= 4 is 17.5 Å². The largest absolute Gasteiger partial charge is 0.362 e. The number of nitrogens with one attached hydrogen (secondary N) is 1. The van der Waals surface area contributed by atoms with Gasteiger partial charge in [0.1, 0.15) is 0 Å². The Morgan fingerprint density at radius 1 is 1.39 bits per heavy atom. The smallest absolute Gasteiger partial charge is 0.338 e. The van der Waals surface area contributed by atoms with Crippen LogP contribution >= 0.6 is 0 Å². The van der Waals surface area contributed by atoms with E-state index in [2.05, 4.69) is 10.5 Å². The van der Waals surface area contributed by atoms with Crippen molar-refractivity contribution in [2.45, 2.75) is 6.92 Å². The minimum Gasteiger partial charge on any atom is -0.362 e. The van der Waals surface area contributed by atoms with Crippen LogP contribution in [0, 0.1) is 17.0 Å². The van der Waals surface area contributed by atoms with E-state index in [-0.39, 0.29) is 17.1 Å². The summed E-state index contributed by atoms with van der Waals surface area (Å²) in [5.74, 6) is 0.126. The number of nitrogens with zero attached hydrogens (tertiary/aromatic N) is 2. The quantitative estimate of drug-likeness (QED) is 0.661. The lowest BCUT2D eigenvalue weighted by Crippen LogP contribution is -1.91. The molecule has 0 atom stereocenters. The van der Waals surface area contributed by atoms with E-state index in [1.807, 2.05) is 30.3 Å². The molecule has 1 aromatic heterocycles. The van der Waals surface area contributed by atoms with Crippen molar-refractivity contribution in [2.24, 2.45) is 0 Å². The summed E-state index contributed by atoms with van der Waals surface area (Å²) in [4.78, 5) is 10.3. The number of rotatable bonds is 4. The monoisotopic (exact) mass is 245 g/mol. The Bertz CT molecular complexity index is 576. The summed E-state index contributed by atoms with van der Waals surface area (Å²) in [5, 5.41) is 17.3. The number of hydrogen-bond acceptors (Lipinski definition) is 5. The molecular formula is C12H11N3O3. The molecule has 0 spiro atoms. The fourth-order valence-electron chi connectivity index (χ4n) is 1.46. The molecule has 0 saturated carbocycles. The second kappa shape index (κ2) is 5.13. The van der Waals surface area contributed by atoms with E-state index < -0.39 is 4.92 Å². The third-order valence-electron chi connectivity index (χ3n) is 2.30. The van der Waals surface area contributed by atoms with E-state index in [9.17, 15) is 10.1 Å². The van der Waals surface area contributed by atoms with Gasteiger partial charge in [0.25, 0.3) is 0 Å². The van der Waals surface area contributed by atoms with E-state index in [0.29, 0.717) is 0 Å². The molecule has 6 nitrogen and oxygen atoms in total. The van der Waals surface area contributed by atoms with Gasteiger partial charge in [0.05, 0.1) is 4.92 Å². The molecule has 0 bridgehead atoms. The molecule has 2 aromatic rings. The van der Waals surface area contributed by atoms with Gasteiger partial charge in [-0.05, 0) is 19.1 Å². The fourth-order valence-corrected chi connectivity index (χ4v) is 1.46. The molecule has 0 fully saturated rings. The number of hydrogen-bond donors (Lipinski definition) is 1. The first-order chi connectivity index (χ1) is 8.68. The highest BCUT2D eigenvalue weighted by Gasteiger charge is 2.21. The molecule has 0 saturated heterocycles. The van der Waals surface area contributed by atoms with Crippen LogP contribution in [-0.2, 0) is 0 Å². The highest BCUT2D eigenvalue weighted by atomic mass is 16.6. The molecule has 1 aromatic carbocycles. The van der Waals surface area contributed by atoms with Gasteiger partial charge in [-0.3, -0.25) is 10.1 Å². The van der Waals surface area contributed by atoms with Crippen molar-refractivity contribution in [3.05, 3.63) is 58.1 Å². The Labute approximate surface area is 103 Å². The topological polar surface area (TPSA) is 81.2 Å². The van der Waals surface area contributed by atoms with Crippen LogP contribution in [0.5, 0.6) is 0 Å². The summed E-state index contributed by atoms with van der Waals surface area (Å²) in [6, 6.07) is 9.43. The second-order valence-electron chi connectivity index (χ2n) is 3.58. The average molecular weight is 245 g/mol. The summed E-state index contributed by atoms with van der Waals surface area (Å²) in [7, 11) is 0. The summed E-state index contributed by atoms with van der Waals surface area (Å²) in [6.07, 6.45) is 3.05. The maximum Gasteiger partial charge on any atom is 0.338 e. The summed E-state index contributed by atoms with van der Waals surface area (Å²) in [5.41, 5.74) is 1.04. The Balaban J connectivity index is 2.13. The first-order valence-corrected chi connectivity index (χ1v) is 5.27. The number of benzene rings is 1. The Kier molecular flexibility index (Phi) is 3.38. The van der Waals surface area contributed by atoms with Crippen LogP contribution in [0.4, 0.5) is 11.4 Å². The zero-order valence-corrected chi connectivity index (χ0v) is 9.66. The Morgan fingerprint density at radius 3 is 2.78 bits per heavy atom. The summed E-state index contributed by atoms with van der Waals surface area (Å²) in [6.45, 7) is 1.53. The standard InChI is InChI=1S/C12H11N3O3/c1-9-12(15(16)17)11(18-14-9)7-8-13-10-5-3-2-4-6-10/h2-8,13H,1H3/b8-7+. The van der Waals surface area contributed by atoms with Crippen molar-refractivity contribution < 1.29 is 9.45 Å². The zero-order valence-electron chi connectivity index (χ0n) is 9.66. The predicted molar refractivity (Wildman–Crippen MR) is 67.0 cm³/mol. The first kappa shape index (κ1) is 11.8. The predicted octanol–water partition coefficient (Wildman–Crippen LogP) is 2.97. The lowest BCUT2D eigenvalue weighted by atomic mass is 10.3. The van der Waals surface area contributed by atoms with Gasteiger partial charge in [0.15, 0.2) is 5.69 Å². The van der Waals surface area contributed by atoms with Gasteiger partial charge in [-0.2, -0.15) is 0 Å². The molecule has 0 aliphatic carbocycles. The van der Waals surface area contributed by atoms with Gasteiger partial charge in [0.2, 0.25) is 5.76 Å². The number of aromatic nitrogens is 1. The van der Waals surface area contributed by atoms with E-state index >= 15 is 0 Å². The normalized spacial score (nSPS) is 10.7. The molecular weight excluding hydrogens is 234 g/mol.